The molecular weight excluding hydrogens is 297 g/mol. The molecule has 2 atom stereocenters. The molecule has 1 fully saturated rings. The molecule has 1 unspecified atom stereocenters. The van der Waals surface area contributed by atoms with Gasteiger partial charge in [-0.3, -0.25) is 0 Å². The Labute approximate surface area is 129 Å². The highest BCUT2D eigenvalue weighted by molar-refractivity contribution is 6.42. The van der Waals surface area contributed by atoms with Crippen LogP contribution in [0.5, 0.6) is 0 Å². The Hall–Kier alpha value is -0.970. The summed E-state index contributed by atoms with van der Waals surface area (Å²) in [7, 11) is 0. The van der Waals surface area contributed by atoms with Gasteiger partial charge in [0.25, 0.3) is 0 Å². The summed E-state index contributed by atoms with van der Waals surface area (Å²) in [6, 6.07) is 5.36. The summed E-state index contributed by atoms with van der Waals surface area (Å²) in [5.74, 6) is 0. The molecule has 1 aliphatic rings. The van der Waals surface area contributed by atoms with Crippen LogP contribution >= 0.6 is 23.2 Å². The van der Waals surface area contributed by atoms with Crippen LogP contribution in [0.15, 0.2) is 18.2 Å². The van der Waals surface area contributed by atoms with Crippen LogP contribution in [0.4, 0.5) is 10.5 Å². The van der Waals surface area contributed by atoms with E-state index in [-0.39, 0.29) is 6.03 Å². The summed E-state index contributed by atoms with van der Waals surface area (Å²) in [5.41, 5.74) is 0.642. The van der Waals surface area contributed by atoms with E-state index in [2.05, 4.69) is 17.6 Å². The molecule has 0 aliphatic carbocycles. The van der Waals surface area contributed by atoms with Gasteiger partial charge in [0.15, 0.2) is 0 Å². The van der Waals surface area contributed by atoms with Gasteiger partial charge in [0.1, 0.15) is 6.04 Å². The number of likely N-dealkylation sites (tertiary alicyclic amines) is 1. The highest BCUT2D eigenvalue weighted by Gasteiger charge is 2.27. The minimum Gasteiger partial charge on any atom is -0.332 e. The normalized spacial score (nSPS) is 21.8. The number of hydrogen-bond donors (Lipinski definition) is 3. The third-order valence-corrected chi connectivity index (χ3v) is 4.51. The van der Waals surface area contributed by atoms with Crippen molar-refractivity contribution in [3.8, 4) is 0 Å². The van der Waals surface area contributed by atoms with E-state index in [4.69, 9.17) is 23.2 Å². The van der Waals surface area contributed by atoms with Crippen molar-refractivity contribution >= 4 is 34.9 Å². The van der Waals surface area contributed by atoms with Gasteiger partial charge >= 0.3 is 6.03 Å². The molecule has 1 aromatic rings. The molecular formula is C14H20Cl2N3O+. The zero-order valence-corrected chi connectivity index (χ0v) is 13.0. The number of rotatable bonds is 4. The number of nitrogens with one attached hydrogen (secondary N) is 3. The van der Waals surface area contributed by atoms with Gasteiger partial charge in [0.05, 0.1) is 29.7 Å². The molecule has 2 rings (SSSR count). The lowest BCUT2D eigenvalue weighted by Gasteiger charge is -2.20. The number of carbonyl (C=O) groups excluding carboxylic acids is 1. The average molecular weight is 317 g/mol. The lowest BCUT2D eigenvalue weighted by atomic mass is 10.2. The molecule has 3 N–H and O–H groups in total. The molecule has 1 aromatic carbocycles. The Morgan fingerprint density at radius 3 is 2.90 bits per heavy atom. The summed E-state index contributed by atoms with van der Waals surface area (Å²) in [4.78, 5) is 13.4. The summed E-state index contributed by atoms with van der Waals surface area (Å²) in [5, 5.41) is 6.60. The molecule has 0 aromatic heterocycles. The van der Waals surface area contributed by atoms with Crippen LogP contribution in [0.2, 0.25) is 10.0 Å². The van der Waals surface area contributed by atoms with Crippen molar-refractivity contribution < 1.29 is 9.69 Å². The Kier molecular flexibility index (Phi) is 5.52. The van der Waals surface area contributed by atoms with Gasteiger partial charge in [0.2, 0.25) is 0 Å². The van der Waals surface area contributed by atoms with Crippen LogP contribution in [0.1, 0.15) is 19.8 Å². The Morgan fingerprint density at radius 2 is 2.20 bits per heavy atom. The number of likely N-dealkylation sites (N-methyl/N-ethyl adjacent to an activating group) is 1. The van der Waals surface area contributed by atoms with Gasteiger partial charge in [-0.15, -0.1) is 0 Å². The molecule has 20 heavy (non-hydrogen) atoms. The lowest BCUT2D eigenvalue weighted by Crippen LogP contribution is -3.14. The first kappa shape index (κ1) is 15.4. The van der Waals surface area contributed by atoms with Crippen molar-refractivity contribution in [2.75, 3.05) is 25.0 Å². The van der Waals surface area contributed by atoms with Crippen LogP contribution in [-0.4, -0.2) is 31.7 Å². The molecule has 0 spiro atoms. The van der Waals surface area contributed by atoms with E-state index < -0.39 is 0 Å². The summed E-state index contributed by atoms with van der Waals surface area (Å²) < 4.78 is 0. The fourth-order valence-corrected chi connectivity index (χ4v) is 2.96. The van der Waals surface area contributed by atoms with E-state index in [1.165, 1.54) is 19.4 Å². The van der Waals surface area contributed by atoms with Crippen molar-refractivity contribution in [3.63, 3.8) is 0 Å². The van der Waals surface area contributed by atoms with Crippen molar-refractivity contribution in [3.05, 3.63) is 28.2 Å². The first-order chi connectivity index (χ1) is 9.60. The number of quaternary nitrogens is 1. The summed E-state index contributed by atoms with van der Waals surface area (Å²) in [6.45, 7) is 5.21. The van der Waals surface area contributed by atoms with E-state index >= 15 is 0 Å². The van der Waals surface area contributed by atoms with Crippen molar-refractivity contribution in [1.82, 2.24) is 5.32 Å². The number of amides is 2. The second kappa shape index (κ2) is 7.16. The second-order valence-corrected chi connectivity index (χ2v) is 5.88. The SMILES string of the molecule is CC[NH+]1CCC[C@H]1CNC(=O)Nc1ccc(Cl)c(Cl)c1. The number of hydrogen-bond acceptors (Lipinski definition) is 1. The minimum absolute atomic E-state index is 0.203. The molecule has 6 heteroatoms. The first-order valence-corrected chi connectivity index (χ1v) is 7.70. The first-order valence-electron chi connectivity index (χ1n) is 6.94. The van der Waals surface area contributed by atoms with Gasteiger partial charge in [-0.25, -0.2) is 4.79 Å². The number of halogens is 2. The number of urea groups is 1. The quantitative estimate of drug-likeness (QED) is 0.783. The monoisotopic (exact) mass is 316 g/mol. The van der Waals surface area contributed by atoms with Crippen LogP contribution < -0.4 is 15.5 Å². The Balaban J connectivity index is 1.81. The third kappa shape index (κ3) is 4.01. The predicted molar refractivity (Wildman–Crippen MR) is 82.9 cm³/mol. The van der Waals surface area contributed by atoms with E-state index in [1.54, 1.807) is 23.1 Å². The minimum atomic E-state index is -0.203. The smallest absolute Gasteiger partial charge is 0.319 e. The van der Waals surface area contributed by atoms with Gasteiger partial charge in [0, 0.05) is 18.5 Å². The average Bonchev–Trinajstić information content (AvgIpc) is 2.88. The fourth-order valence-electron chi connectivity index (χ4n) is 2.66. The zero-order chi connectivity index (χ0) is 14.5. The van der Waals surface area contributed by atoms with Gasteiger partial charge in [-0.2, -0.15) is 0 Å². The molecule has 1 heterocycles. The Bertz CT molecular complexity index is 481. The predicted octanol–water partition coefficient (Wildman–Crippen LogP) is 2.18. The fraction of sp³-hybridized carbons (Fsp3) is 0.500. The van der Waals surface area contributed by atoms with E-state index in [1.807, 2.05) is 0 Å². The summed E-state index contributed by atoms with van der Waals surface area (Å²) >= 11 is 11.7. The zero-order valence-electron chi connectivity index (χ0n) is 11.5. The van der Waals surface area contributed by atoms with Crippen molar-refractivity contribution in [2.24, 2.45) is 0 Å². The van der Waals surface area contributed by atoms with E-state index in [0.717, 1.165) is 6.54 Å². The molecule has 0 radical (unpaired) electrons. The Morgan fingerprint density at radius 1 is 1.40 bits per heavy atom. The maximum Gasteiger partial charge on any atom is 0.319 e. The van der Waals surface area contributed by atoms with Crippen LogP contribution in [-0.2, 0) is 0 Å². The van der Waals surface area contributed by atoms with Crippen LogP contribution in [0.25, 0.3) is 0 Å². The highest BCUT2D eigenvalue weighted by atomic mass is 35.5. The molecule has 1 saturated heterocycles. The third-order valence-electron chi connectivity index (χ3n) is 3.77. The van der Waals surface area contributed by atoms with Crippen molar-refractivity contribution in [1.29, 1.82) is 0 Å². The van der Waals surface area contributed by atoms with Gasteiger partial charge in [-0.05, 0) is 25.1 Å². The number of carbonyl (C=O) groups is 1. The highest BCUT2D eigenvalue weighted by Crippen LogP contribution is 2.24. The number of benzene rings is 1. The van der Waals surface area contributed by atoms with Crippen LogP contribution in [0, 0.1) is 0 Å². The molecule has 110 valence electrons. The second-order valence-electron chi connectivity index (χ2n) is 5.06. The maximum absolute atomic E-state index is 11.9. The molecule has 2 amide bonds. The maximum atomic E-state index is 11.9. The van der Waals surface area contributed by atoms with Crippen LogP contribution in [0.3, 0.4) is 0 Å². The lowest BCUT2D eigenvalue weighted by molar-refractivity contribution is -0.909. The van der Waals surface area contributed by atoms with E-state index in [9.17, 15) is 4.79 Å². The van der Waals surface area contributed by atoms with E-state index in [0.29, 0.717) is 28.3 Å². The standard InChI is InChI=1S/C14H19Cl2N3O/c1-2-19-7-3-4-11(19)9-17-14(20)18-10-5-6-12(15)13(16)8-10/h5-6,8,11H,2-4,7,9H2,1H3,(H2,17,18,20)/p+1/t11-/m0/s1. The topological polar surface area (TPSA) is 45.6 Å². The van der Waals surface area contributed by atoms with Crippen molar-refractivity contribution in [2.45, 2.75) is 25.8 Å². The molecule has 4 nitrogen and oxygen atoms in total. The molecule has 0 saturated carbocycles. The number of anilines is 1. The largest absolute Gasteiger partial charge is 0.332 e. The molecule has 0 bridgehead atoms. The summed E-state index contributed by atoms with van der Waals surface area (Å²) in [6.07, 6.45) is 2.42. The van der Waals surface area contributed by atoms with Gasteiger partial charge in [-0.1, -0.05) is 23.2 Å². The molecule has 1 aliphatic heterocycles. The van der Waals surface area contributed by atoms with Gasteiger partial charge < -0.3 is 15.5 Å².